The highest BCUT2D eigenvalue weighted by atomic mass is 35.5. The van der Waals surface area contributed by atoms with Crippen LogP contribution in [0.3, 0.4) is 0 Å². The van der Waals surface area contributed by atoms with E-state index in [1.807, 2.05) is 31.2 Å². The smallest absolute Gasteiger partial charge is 0.337 e. The number of hydrogen-bond acceptors (Lipinski definition) is 4. The van der Waals surface area contributed by atoms with Gasteiger partial charge in [0, 0.05) is 10.9 Å². The van der Waals surface area contributed by atoms with E-state index in [9.17, 15) is 20.0 Å². The number of carbonyl (C=O) groups excluding carboxylic acids is 1. The predicted molar refractivity (Wildman–Crippen MR) is 107 cm³/mol. The van der Waals surface area contributed by atoms with Crippen LogP contribution in [-0.2, 0) is 4.79 Å². The van der Waals surface area contributed by atoms with Gasteiger partial charge < -0.3 is 10.4 Å². The summed E-state index contributed by atoms with van der Waals surface area (Å²) in [7, 11) is 0. The zero-order chi connectivity index (χ0) is 20.3. The van der Waals surface area contributed by atoms with Crippen LogP contribution in [0.4, 0.5) is 5.69 Å². The minimum absolute atomic E-state index is 0.0750. The van der Waals surface area contributed by atoms with Crippen LogP contribution in [0, 0.1) is 18.3 Å². The van der Waals surface area contributed by atoms with Gasteiger partial charge in [-0.2, -0.15) is 5.26 Å². The minimum atomic E-state index is -1.18. The molecular weight excluding hydrogens is 378 g/mol. The number of halogens is 1. The zero-order valence-electron chi connectivity index (χ0n) is 14.7. The highest BCUT2D eigenvalue weighted by molar-refractivity contribution is 6.31. The van der Waals surface area contributed by atoms with Crippen molar-refractivity contribution in [1.29, 1.82) is 5.26 Å². The lowest BCUT2D eigenvalue weighted by molar-refractivity contribution is -0.112. The molecule has 2 N–H and O–H groups in total. The summed E-state index contributed by atoms with van der Waals surface area (Å²) in [6.45, 7) is 1.94. The molecule has 0 spiro atoms. The summed E-state index contributed by atoms with van der Waals surface area (Å²) < 4.78 is 0. The number of pyridine rings is 1. The van der Waals surface area contributed by atoms with Gasteiger partial charge in [-0.1, -0.05) is 35.4 Å². The maximum absolute atomic E-state index is 12.5. The molecule has 0 radical (unpaired) electrons. The average Bonchev–Trinajstić information content (AvgIpc) is 2.66. The molecule has 6 nitrogen and oxygen atoms in total. The number of aryl methyl sites for hydroxylation is 1. The zero-order valence-corrected chi connectivity index (χ0v) is 15.5. The van der Waals surface area contributed by atoms with Crippen LogP contribution in [-0.4, -0.2) is 22.0 Å². The van der Waals surface area contributed by atoms with E-state index < -0.39 is 11.9 Å². The molecule has 2 aromatic carbocycles. The van der Waals surface area contributed by atoms with Crippen molar-refractivity contribution in [3.63, 3.8) is 0 Å². The lowest BCUT2D eigenvalue weighted by atomic mass is 10.1. The number of aromatic nitrogens is 1. The Balaban J connectivity index is 1.97. The first-order valence-corrected chi connectivity index (χ1v) is 8.59. The lowest BCUT2D eigenvalue weighted by Gasteiger charge is -2.08. The summed E-state index contributed by atoms with van der Waals surface area (Å²) in [6, 6.07) is 15.2. The minimum Gasteiger partial charge on any atom is -0.478 e. The number of aromatic carboxylic acids is 1. The van der Waals surface area contributed by atoms with E-state index >= 15 is 0 Å². The molecule has 0 saturated carbocycles. The van der Waals surface area contributed by atoms with E-state index in [0.29, 0.717) is 11.1 Å². The first kappa shape index (κ1) is 19.1. The molecule has 1 aromatic heterocycles. The van der Waals surface area contributed by atoms with Gasteiger partial charge in [0.2, 0.25) is 0 Å². The molecule has 0 saturated heterocycles. The number of carbonyl (C=O) groups is 2. The summed E-state index contributed by atoms with van der Waals surface area (Å²) >= 11 is 6.20. The van der Waals surface area contributed by atoms with Crippen molar-refractivity contribution in [2.24, 2.45) is 0 Å². The molecule has 28 heavy (non-hydrogen) atoms. The molecule has 138 valence electrons. The van der Waals surface area contributed by atoms with Crippen molar-refractivity contribution in [2.45, 2.75) is 6.92 Å². The van der Waals surface area contributed by atoms with Crippen LogP contribution in [0.2, 0.25) is 5.15 Å². The Bertz CT molecular complexity index is 1180. The van der Waals surface area contributed by atoms with Crippen molar-refractivity contribution in [3.05, 3.63) is 75.9 Å². The van der Waals surface area contributed by atoms with E-state index in [4.69, 9.17) is 11.6 Å². The summed E-state index contributed by atoms with van der Waals surface area (Å²) in [6.07, 6.45) is 1.33. The van der Waals surface area contributed by atoms with Crippen molar-refractivity contribution < 1.29 is 14.7 Å². The average molecular weight is 392 g/mol. The van der Waals surface area contributed by atoms with Gasteiger partial charge in [0.25, 0.3) is 5.91 Å². The molecule has 0 unspecified atom stereocenters. The Morgan fingerprint density at radius 1 is 1.21 bits per heavy atom. The number of nitrogens with one attached hydrogen (secondary N) is 1. The summed E-state index contributed by atoms with van der Waals surface area (Å²) in [5.74, 6) is -1.92. The Morgan fingerprint density at radius 2 is 1.96 bits per heavy atom. The second-order valence-electron chi connectivity index (χ2n) is 6.04. The topological polar surface area (TPSA) is 103 Å². The number of nitriles is 1. The molecule has 0 aliphatic rings. The number of amides is 1. The molecule has 0 fully saturated rings. The molecule has 0 aliphatic carbocycles. The van der Waals surface area contributed by atoms with E-state index in [1.54, 1.807) is 18.2 Å². The van der Waals surface area contributed by atoms with Crippen LogP contribution in [0.1, 0.15) is 21.5 Å². The maximum Gasteiger partial charge on any atom is 0.337 e. The number of hydrogen-bond donors (Lipinski definition) is 2. The summed E-state index contributed by atoms with van der Waals surface area (Å²) in [5, 5.41) is 22.0. The van der Waals surface area contributed by atoms with Gasteiger partial charge in [-0.05, 0) is 43.3 Å². The van der Waals surface area contributed by atoms with Gasteiger partial charge >= 0.3 is 5.97 Å². The van der Waals surface area contributed by atoms with Gasteiger partial charge in [-0.25, -0.2) is 9.78 Å². The third-order valence-corrected chi connectivity index (χ3v) is 4.32. The third-order valence-electron chi connectivity index (χ3n) is 4.02. The van der Waals surface area contributed by atoms with E-state index in [1.165, 1.54) is 18.2 Å². The quantitative estimate of drug-likeness (QED) is 0.388. The number of benzene rings is 2. The maximum atomic E-state index is 12.5. The third kappa shape index (κ3) is 4.00. The Kier molecular flexibility index (Phi) is 5.39. The largest absolute Gasteiger partial charge is 0.478 e. The van der Waals surface area contributed by atoms with E-state index in [0.717, 1.165) is 10.9 Å². The fourth-order valence-electron chi connectivity index (χ4n) is 2.66. The van der Waals surface area contributed by atoms with Crippen molar-refractivity contribution in [2.75, 3.05) is 5.32 Å². The highest BCUT2D eigenvalue weighted by Gasteiger charge is 2.15. The first-order chi connectivity index (χ1) is 13.4. The van der Waals surface area contributed by atoms with E-state index in [2.05, 4.69) is 10.3 Å². The molecule has 0 aliphatic heterocycles. The van der Waals surface area contributed by atoms with Crippen LogP contribution >= 0.6 is 11.6 Å². The molecule has 7 heteroatoms. The highest BCUT2D eigenvalue weighted by Crippen LogP contribution is 2.24. The predicted octanol–water partition coefficient (Wildman–Crippen LogP) is 4.44. The van der Waals surface area contributed by atoms with Gasteiger partial charge in [0.15, 0.2) is 0 Å². The van der Waals surface area contributed by atoms with Crippen molar-refractivity contribution in [1.82, 2.24) is 4.98 Å². The molecule has 3 aromatic rings. The van der Waals surface area contributed by atoms with Gasteiger partial charge in [0.05, 0.1) is 16.8 Å². The molecule has 0 atom stereocenters. The van der Waals surface area contributed by atoms with Gasteiger partial charge in [-0.15, -0.1) is 0 Å². The molecule has 1 heterocycles. The second kappa shape index (κ2) is 7.91. The molecule has 1 amide bonds. The second-order valence-corrected chi connectivity index (χ2v) is 6.40. The standard InChI is InChI=1S/C21H14ClN3O3/c1-12-6-7-17-13(8-12)9-14(19(22)24-17)10-15(11-23)20(26)25-18-5-3-2-4-16(18)21(27)28/h2-10H,1H3,(H,25,26)(H,27,28). The molecule has 3 rings (SSSR count). The Labute approximate surface area is 165 Å². The summed E-state index contributed by atoms with van der Waals surface area (Å²) in [4.78, 5) is 28.1. The number of carboxylic acid groups (broad SMARTS) is 1. The van der Waals surface area contributed by atoms with Crippen molar-refractivity contribution >= 4 is 46.1 Å². The number of anilines is 1. The van der Waals surface area contributed by atoms with Crippen molar-refractivity contribution in [3.8, 4) is 6.07 Å². The normalized spacial score (nSPS) is 11.1. The number of para-hydroxylation sites is 1. The monoisotopic (exact) mass is 391 g/mol. The van der Waals surface area contributed by atoms with Crippen LogP contribution in [0.25, 0.3) is 17.0 Å². The van der Waals surface area contributed by atoms with Crippen LogP contribution in [0.5, 0.6) is 0 Å². The number of nitrogens with zero attached hydrogens (tertiary/aromatic N) is 2. The molecular formula is C21H14ClN3O3. The molecule has 0 bridgehead atoms. The first-order valence-electron chi connectivity index (χ1n) is 8.21. The van der Waals surface area contributed by atoms with E-state index in [-0.39, 0.29) is 22.0 Å². The fraction of sp³-hybridized carbons (Fsp3) is 0.0476. The van der Waals surface area contributed by atoms with Gasteiger partial charge in [-0.3, -0.25) is 4.79 Å². The van der Waals surface area contributed by atoms with Crippen LogP contribution in [0.15, 0.2) is 54.1 Å². The SMILES string of the molecule is Cc1ccc2nc(Cl)c(C=C(C#N)C(=O)Nc3ccccc3C(=O)O)cc2c1. The van der Waals surface area contributed by atoms with Crippen LogP contribution < -0.4 is 5.32 Å². The number of rotatable bonds is 4. The Morgan fingerprint density at radius 3 is 2.68 bits per heavy atom. The van der Waals surface area contributed by atoms with Gasteiger partial charge in [0.1, 0.15) is 16.8 Å². The lowest BCUT2D eigenvalue weighted by Crippen LogP contribution is -2.16. The Hall–Kier alpha value is -3.69. The summed E-state index contributed by atoms with van der Waals surface area (Å²) in [5.41, 5.74) is 1.95. The number of fused-ring (bicyclic) bond motifs is 1. The fourth-order valence-corrected chi connectivity index (χ4v) is 2.86. The number of carboxylic acids is 1.